The first-order valence-corrected chi connectivity index (χ1v) is 9.39. The number of benzene rings is 1. The predicted molar refractivity (Wildman–Crippen MR) is 92.4 cm³/mol. The summed E-state index contributed by atoms with van der Waals surface area (Å²) in [5.41, 5.74) is -0.991. The summed E-state index contributed by atoms with van der Waals surface area (Å²) in [7, 11) is -3.12. The fourth-order valence-electron chi connectivity index (χ4n) is 2.60. The molecule has 0 aliphatic carbocycles. The number of hydrogen-bond donors (Lipinski definition) is 2. The molecule has 0 bridgehead atoms. The molecule has 13 heteroatoms. The summed E-state index contributed by atoms with van der Waals surface area (Å²) in [5.74, 6) is -0.673. The Kier molecular flexibility index (Phi) is 5.34. The molecule has 7 nitrogen and oxygen atoms in total. The molecule has 1 aromatic carbocycles. The average Bonchev–Trinajstić information content (AvgIpc) is 3.05. The number of anilines is 1. The normalized spacial score (nSPS) is 12.5. The molecule has 0 radical (unpaired) electrons. The highest BCUT2D eigenvalue weighted by Gasteiger charge is 2.31. The fourth-order valence-corrected chi connectivity index (χ4v) is 3.73. The lowest BCUT2D eigenvalue weighted by Gasteiger charge is -2.10. The van der Waals surface area contributed by atoms with Crippen molar-refractivity contribution in [3.63, 3.8) is 0 Å². The monoisotopic (exact) mass is 436 g/mol. The zero-order chi connectivity index (χ0) is 21.4. The van der Waals surface area contributed by atoms with Crippen LogP contribution in [0.1, 0.15) is 11.1 Å². The number of hydrogen-bond acceptors (Lipinski definition) is 5. The van der Waals surface area contributed by atoms with Gasteiger partial charge in [-0.25, -0.2) is 26.9 Å². The van der Waals surface area contributed by atoms with Crippen molar-refractivity contribution < 1.29 is 35.1 Å². The van der Waals surface area contributed by atoms with Crippen molar-refractivity contribution in [2.24, 2.45) is 0 Å². The van der Waals surface area contributed by atoms with Crippen molar-refractivity contribution in [2.75, 3.05) is 11.8 Å². The average molecular weight is 436 g/mol. The van der Waals surface area contributed by atoms with E-state index in [0.29, 0.717) is 0 Å². The molecule has 0 aliphatic heterocycles. The SMILES string of the molecule is COc1nc(NS(=O)(=O)c2c[nH]c3cc(C(F)(F)F)ccc23)ncc1CC(F)F. The van der Waals surface area contributed by atoms with Crippen LogP contribution >= 0.6 is 0 Å². The molecule has 156 valence electrons. The summed E-state index contributed by atoms with van der Waals surface area (Å²) in [6.45, 7) is 0. The standard InChI is InChI=1S/C16H13F5N4O3S/c1-28-14-8(4-13(17)18)6-23-15(24-14)25-29(26,27)12-7-22-11-5-9(16(19,20)21)2-3-10(11)12/h2-3,5-7,13,22H,4H2,1H3,(H,23,24,25). The van der Waals surface area contributed by atoms with Gasteiger partial charge in [0.2, 0.25) is 18.3 Å². The molecule has 0 aliphatic rings. The van der Waals surface area contributed by atoms with Gasteiger partial charge in [-0.3, -0.25) is 0 Å². The summed E-state index contributed by atoms with van der Waals surface area (Å²) in [4.78, 5) is 9.58. The molecule has 3 aromatic rings. The van der Waals surface area contributed by atoms with Crippen LogP contribution < -0.4 is 9.46 Å². The summed E-state index contributed by atoms with van der Waals surface area (Å²) in [6, 6.07) is 2.57. The lowest BCUT2D eigenvalue weighted by molar-refractivity contribution is -0.137. The van der Waals surface area contributed by atoms with Gasteiger partial charge in [0, 0.05) is 35.3 Å². The molecule has 29 heavy (non-hydrogen) atoms. The Morgan fingerprint density at radius 2 is 2.00 bits per heavy atom. The third-order valence-electron chi connectivity index (χ3n) is 3.88. The third-order valence-corrected chi connectivity index (χ3v) is 5.25. The smallest absolute Gasteiger partial charge is 0.416 e. The van der Waals surface area contributed by atoms with Crippen LogP contribution in [0.4, 0.5) is 27.9 Å². The molecule has 0 spiro atoms. The molecule has 0 saturated carbocycles. The van der Waals surface area contributed by atoms with E-state index in [4.69, 9.17) is 4.74 Å². The number of alkyl halides is 5. The van der Waals surface area contributed by atoms with Gasteiger partial charge in [0.1, 0.15) is 4.90 Å². The highest BCUT2D eigenvalue weighted by Crippen LogP contribution is 2.33. The number of nitrogens with zero attached hydrogens (tertiary/aromatic N) is 2. The molecule has 0 atom stereocenters. The number of rotatable bonds is 6. The van der Waals surface area contributed by atoms with E-state index in [1.807, 2.05) is 0 Å². The van der Waals surface area contributed by atoms with Gasteiger partial charge in [-0.05, 0) is 12.1 Å². The summed E-state index contributed by atoms with van der Waals surface area (Å²) >= 11 is 0. The molecule has 3 rings (SSSR count). The van der Waals surface area contributed by atoms with E-state index in [2.05, 4.69) is 19.7 Å². The lowest BCUT2D eigenvalue weighted by Crippen LogP contribution is -2.15. The minimum atomic E-state index is -4.58. The van der Waals surface area contributed by atoms with Crippen LogP contribution in [-0.4, -0.2) is 36.9 Å². The molecule has 0 amide bonds. The van der Waals surface area contributed by atoms with E-state index in [-0.39, 0.29) is 27.2 Å². The van der Waals surface area contributed by atoms with Crippen molar-refractivity contribution in [3.05, 3.63) is 41.7 Å². The number of aromatic nitrogens is 3. The van der Waals surface area contributed by atoms with Gasteiger partial charge in [-0.1, -0.05) is 6.07 Å². The topological polar surface area (TPSA) is 97.0 Å². The Bertz CT molecular complexity index is 1150. The van der Waals surface area contributed by atoms with E-state index >= 15 is 0 Å². The maximum absolute atomic E-state index is 12.8. The van der Waals surface area contributed by atoms with Crippen LogP contribution in [0.3, 0.4) is 0 Å². The van der Waals surface area contributed by atoms with E-state index in [1.165, 1.54) is 7.11 Å². The molecule has 2 aromatic heterocycles. The zero-order valence-corrected chi connectivity index (χ0v) is 15.4. The van der Waals surface area contributed by atoms with Crippen molar-refractivity contribution in [1.82, 2.24) is 15.0 Å². The number of aromatic amines is 1. The Morgan fingerprint density at radius 3 is 2.62 bits per heavy atom. The van der Waals surface area contributed by atoms with E-state index in [1.54, 1.807) is 0 Å². The highest BCUT2D eigenvalue weighted by atomic mass is 32.2. The number of H-pyrrole nitrogens is 1. The van der Waals surface area contributed by atoms with E-state index in [9.17, 15) is 30.4 Å². The minimum Gasteiger partial charge on any atom is -0.481 e. The first kappa shape index (κ1) is 20.8. The van der Waals surface area contributed by atoms with Gasteiger partial charge >= 0.3 is 6.18 Å². The number of ether oxygens (including phenoxy) is 1. The molecular weight excluding hydrogens is 423 g/mol. The lowest BCUT2D eigenvalue weighted by atomic mass is 10.1. The van der Waals surface area contributed by atoms with E-state index < -0.39 is 40.6 Å². The van der Waals surface area contributed by atoms with Crippen molar-refractivity contribution >= 4 is 26.9 Å². The fraction of sp³-hybridized carbons (Fsp3) is 0.250. The summed E-state index contributed by atoms with van der Waals surface area (Å²) in [5, 5.41) is 0.0202. The number of methoxy groups -OCH3 is 1. The second kappa shape index (κ2) is 7.46. The van der Waals surface area contributed by atoms with E-state index in [0.717, 1.165) is 30.6 Å². The van der Waals surface area contributed by atoms with Crippen molar-refractivity contribution in [1.29, 1.82) is 0 Å². The van der Waals surface area contributed by atoms with Crippen LogP contribution in [0, 0.1) is 0 Å². The van der Waals surface area contributed by atoms with Crippen molar-refractivity contribution in [2.45, 2.75) is 23.9 Å². The molecule has 2 heterocycles. The maximum atomic E-state index is 12.8. The molecule has 0 unspecified atom stereocenters. The first-order chi connectivity index (χ1) is 13.5. The Hall–Kier alpha value is -2.96. The van der Waals surface area contributed by atoms with Gasteiger partial charge in [0.15, 0.2) is 0 Å². The number of halogens is 5. The molecule has 2 N–H and O–H groups in total. The van der Waals surface area contributed by atoms with Gasteiger partial charge in [-0.2, -0.15) is 18.2 Å². The Balaban J connectivity index is 1.94. The van der Waals surface area contributed by atoms with Gasteiger partial charge < -0.3 is 9.72 Å². The van der Waals surface area contributed by atoms with Gasteiger partial charge in [-0.15, -0.1) is 0 Å². The van der Waals surface area contributed by atoms with Crippen LogP contribution in [0.15, 0.2) is 35.5 Å². The highest BCUT2D eigenvalue weighted by molar-refractivity contribution is 7.93. The second-order valence-corrected chi connectivity index (χ2v) is 7.49. The van der Waals surface area contributed by atoms with Crippen LogP contribution in [0.25, 0.3) is 10.9 Å². The number of sulfonamides is 1. The minimum absolute atomic E-state index is 0.0165. The van der Waals surface area contributed by atoms with Crippen molar-refractivity contribution in [3.8, 4) is 5.88 Å². The molecular formula is C16H13F5N4O3S. The molecule has 0 saturated heterocycles. The quantitative estimate of drug-likeness (QED) is 0.576. The second-order valence-electron chi connectivity index (χ2n) is 5.84. The number of nitrogens with one attached hydrogen (secondary N) is 2. The zero-order valence-electron chi connectivity index (χ0n) is 14.6. The summed E-state index contributed by atoms with van der Waals surface area (Å²) < 4.78 is 95.7. The summed E-state index contributed by atoms with van der Waals surface area (Å²) in [6.07, 6.45) is -5.92. The Labute approximate surface area is 161 Å². The Morgan fingerprint density at radius 1 is 1.28 bits per heavy atom. The third kappa shape index (κ3) is 4.39. The molecule has 0 fully saturated rings. The van der Waals surface area contributed by atoms with Crippen LogP contribution in [-0.2, 0) is 22.6 Å². The van der Waals surface area contributed by atoms with Gasteiger partial charge in [0.25, 0.3) is 10.0 Å². The number of fused-ring (bicyclic) bond motifs is 1. The van der Waals surface area contributed by atoms with Gasteiger partial charge in [0.05, 0.1) is 12.7 Å². The van der Waals surface area contributed by atoms with Crippen LogP contribution in [0.2, 0.25) is 0 Å². The first-order valence-electron chi connectivity index (χ1n) is 7.90. The predicted octanol–water partition coefficient (Wildman–Crippen LogP) is 3.59. The maximum Gasteiger partial charge on any atom is 0.416 e. The van der Waals surface area contributed by atoms with Crippen LogP contribution in [0.5, 0.6) is 5.88 Å². The largest absolute Gasteiger partial charge is 0.481 e.